The first-order valence-electron chi connectivity index (χ1n) is 4.36. The number of nitriles is 1. The predicted octanol–water partition coefficient (Wildman–Crippen LogP) is 2.96. The maximum atomic E-state index is 8.98. The zero-order valence-electron chi connectivity index (χ0n) is 7.58. The topological polar surface area (TPSA) is 23.8 Å². The Kier molecular flexibility index (Phi) is 2.05. The first-order valence-corrected chi connectivity index (χ1v) is 5.59. The molecule has 0 N–H and O–H groups in total. The van der Waals surface area contributed by atoms with Crippen LogP contribution < -0.4 is 0 Å². The van der Waals surface area contributed by atoms with Crippen molar-refractivity contribution in [3.05, 3.63) is 29.8 Å². The van der Waals surface area contributed by atoms with Gasteiger partial charge in [-0.3, -0.25) is 0 Å². The fourth-order valence-corrected chi connectivity index (χ4v) is 1.91. The van der Waals surface area contributed by atoms with Crippen LogP contribution in [0.4, 0.5) is 0 Å². The minimum Gasteiger partial charge on any atom is -0.197 e. The standard InChI is InChI=1S/C11H11NS/c1-13-10-4-2-9(3-5-10)11(8-12)6-7-11/h2-5H,6-7H2,1H3. The lowest BCUT2D eigenvalue weighted by molar-refractivity contribution is 0.906. The van der Waals surface area contributed by atoms with Gasteiger partial charge in [0.2, 0.25) is 0 Å². The highest BCUT2D eigenvalue weighted by molar-refractivity contribution is 7.98. The van der Waals surface area contributed by atoms with E-state index >= 15 is 0 Å². The molecule has 2 rings (SSSR count). The molecular weight excluding hydrogens is 178 g/mol. The molecule has 0 aliphatic heterocycles. The van der Waals surface area contributed by atoms with Crippen molar-refractivity contribution in [2.75, 3.05) is 6.26 Å². The van der Waals surface area contributed by atoms with Gasteiger partial charge >= 0.3 is 0 Å². The Balaban J connectivity index is 2.29. The van der Waals surface area contributed by atoms with E-state index in [1.165, 1.54) is 10.5 Å². The molecule has 0 heterocycles. The van der Waals surface area contributed by atoms with Crippen LogP contribution in [0.25, 0.3) is 0 Å². The van der Waals surface area contributed by atoms with Crippen LogP contribution in [0, 0.1) is 11.3 Å². The number of thioether (sulfide) groups is 1. The number of benzene rings is 1. The minimum absolute atomic E-state index is 0.128. The highest BCUT2D eigenvalue weighted by atomic mass is 32.2. The largest absolute Gasteiger partial charge is 0.197 e. The zero-order chi connectivity index (χ0) is 9.31. The molecule has 0 spiro atoms. The average Bonchev–Trinajstić information content (AvgIpc) is 2.99. The molecule has 1 aromatic carbocycles. The zero-order valence-corrected chi connectivity index (χ0v) is 8.40. The highest BCUT2D eigenvalue weighted by Gasteiger charge is 2.44. The third kappa shape index (κ3) is 1.45. The molecular formula is C11H11NS. The van der Waals surface area contributed by atoms with Gasteiger partial charge in [-0.2, -0.15) is 5.26 Å². The Labute approximate surface area is 82.8 Å². The van der Waals surface area contributed by atoms with Gasteiger partial charge in [0.1, 0.15) is 0 Å². The summed E-state index contributed by atoms with van der Waals surface area (Å²) in [7, 11) is 0. The van der Waals surface area contributed by atoms with Crippen LogP contribution in [0.3, 0.4) is 0 Å². The number of hydrogen-bond donors (Lipinski definition) is 0. The molecule has 1 nitrogen and oxygen atoms in total. The molecule has 1 aromatic rings. The summed E-state index contributed by atoms with van der Waals surface area (Å²) in [6.45, 7) is 0. The maximum Gasteiger partial charge on any atom is 0.0823 e. The van der Waals surface area contributed by atoms with Crippen molar-refractivity contribution in [3.8, 4) is 6.07 Å². The van der Waals surface area contributed by atoms with E-state index in [9.17, 15) is 0 Å². The maximum absolute atomic E-state index is 8.98. The van der Waals surface area contributed by atoms with E-state index in [4.69, 9.17) is 5.26 Å². The summed E-state index contributed by atoms with van der Waals surface area (Å²) in [5, 5.41) is 8.98. The molecule has 0 radical (unpaired) electrons. The Bertz CT molecular complexity index is 343. The summed E-state index contributed by atoms with van der Waals surface area (Å²) >= 11 is 1.73. The quantitative estimate of drug-likeness (QED) is 0.668. The van der Waals surface area contributed by atoms with Gasteiger partial charge < -0.3 is 0 Å². The second kappa shape index (κ2) is 3.08. The van der Waals surface area contributed by atoms with E-state index in [2.05, 4.69) is 36.6 Å². The van der Waals surface area contributed by atoms with E-state index in [-0.39, 0.29) is 5.41 Å². The summed E-state index contributed by atoms with van der Waals surface area (Å²) < 4.78 is 0. The van der Waals surface area contributed by atoms with Crippen LogP contribution >= 0.6 is 11.8 Å². The van der Waals surface area contributed by atoms with Gasteiger partial charge in [0.25, 0.3) is 0 Å². The summed E-state index contributed by atoms with van der Waals surface area (Å²) in [6.07, 6.45) is 4.12. The lowest BCUT2D eigenvalue weighted by atomic mass is 9.98. The van der Waals surface area contributed by atoms with Crippen molar-refractivity contribution in [2.24, 2.45) is 0 Å². The molecule has 1 aliphatic rings. The van der Waals surface area contributed by atoms with Crippen LogP contribution in [0.5, 0.6) is 0 Å². The van der Waals surface area contributed by atoms with Crippen molar-refractivity contribution < 1.29 is 0 Å². The predicted molar refractivity (Wildman–Crippen MR) is 54.7 cm³/mol. The van der Waals surface area contributed by atoms with Crippen LogP contribution in [0.2, 0.25) is 0 Å². The van der Waals surface area contributed by atoms with Crippen molar-refractivity contribution in [3.63, 3.8) is 0 Å². The summed E-state index contributed by atoms with van der Waals surface area (Å²) in [5.74, 6) is 0. The minimum atomic E-state index is -0.128. The van der Waals surface area contributed by atoms with Gasteiger partial charge in [-0.05, 0) is 36.8 Å². The van der Waals surface area contributed by atoms with Gasteiger partial charge in [0, 0.05) is 4.90 Å². The lowest BCUT2D eigenvalue weighted by Crippen LogP contribution is -2.01. The molecule has 1 fully saturated rings. The van der Waals surface area contributed by atoms with Crippen LogP contribution in [-0.4, -0.2) is 6.26 Å². The van der Waals surface area contributed by atoms with Crippen LogP contribution in [0.1, 0.15) is 18.4 Å². The van der Waals surface area contributed by atoms with Gasteiger partial charge in [-0.15, -0.1) is 11.8 Å². The molecule has 0 amide bonds. The monoisotopic (exact) mass is 189 g/mol. The van der Waals surface area contributed by atoms with Gasteiger partial charge in [0.05, 0.1) is 11.5 Å². The molecule has 0 bridgehead atoms. The smallest absolute Gasteiger partial charge is 0.0823 e. The Morgan fingerprint density at radius 1 is 1.31 bits per heavy atom. The van der Waals surface area contributed by atoms with E-state index in [1.54, 1.807) is 11.8 Å². The SMILES string of the molecule is CSc1ccc(C2(C#N)CC2)cc1. The second-order valence-corrected chi connectivity index (χ2v) is 4.30. The second-order valence-electron chi connectivity index (χ2n) is 3.42. The van der Waals surface area contributed by atoms with E-state index in [1.807, 2.05) is 0 Å². The molecule has 0 aromatic heterocycles. The fourth-order valence-electron chi connectivity index (χ4n) is 1.50. The van der Waals surface area contributed by atoms with Gasteiger partial charge in [0.15, 0.2) is 0 Å². The van der Waals surface area contributed by atoms with E-state index in [0.717, 1.165) is 12.8 Å². The third-order valence-electron chi connectivity index (χ3n) is 2.61. The first-order chi connectivity index (χ1) is 6.30. The molecule has 0 unspecified atom stereocenters. The summed E-state index contributed by atoms with van der Waals surface area (Å²) in [5.41, 5.74) is 1.06. The lowest BCUT2D eigenvalue weighted by Gasteiger charge is -2.05. The molecule has 66 valence electrons. The van der Waals surface area contributed by atoms with Crippen LogP contribution in [0.15, 0.2) is 29.2 Å². The number of hydrogen-bond acceptors (Lipinski definition) is 2. The summed E-state index contributed by atoms with van der Waals surface area (Å²) in [6, 6.07) is 10.8. The van der Waals surface area contributed by atoms with Crippen molar-refractivity contribution in [1.82, 2.24) is 0 Å². The third-order valence-corrected chi connectivity index (χ3v) is 3.35. The first kappa shape index (κ1) is 8.65. The van der Waals surface area contributed by atoms with Crippen LogP contribution in [-0.2, 0) is 5.41 Å². The molecule has 1 aliphatic carbocycles. The van der Waals surface area contributed by atoms with Crippen molar-refractivity contribution in [1.29, 1.82) is 5.26 Å². The average molecular weight is 189 g/mol. The number of rotatable bonds is 2. The Morgan fingerprint density at radius 2 is 1.92 bits per heavy atom. The molecule has 0 saturated heterocycles. The van der Waals surface area contributed by atoms with Gasteiger partial charge in [-0.1, -0.05) is 12.1 Å². The molecule has 13 heavy (non-hydrogen) atoms. The van der Waals surface area contributed by atoms with Crippen molar-refractivity contribution in [2.45, 2.75) is 23.2 Å². The van der Waals surface area contributed by atoms with Gasteiger partial charge in [-0.25, -0.2) is 0 Å². The fraction of sp³-hybridized carbons (Fsp3) is 0.364. The van der Waals surface area contributed by atoms with Crippen molar-refractivity contribution >= 4 is 11.8 Å². The van der Waals surface area contributed by atoms with E-state index in [0.29, 0.717) is 0 Å². The molecule has 0 atom stereocenters. The van der Waals surface area contributed by atoms with E-state index < -0.39 is 0 Å². The Morgan fingerprint density at radius 3 is 2.31 bits per heavy atom. The Hall–Kier alpha value is -0.940. The number of nitrogens with zero attached hydrogens (tertiary/aromatic N) is 1. The molecule has 2 heteroatoms. The molecule has 1 saturated carbocycles. The normalized spacial score (nSPS) is 17.8. The summed E-state index contributed by atoms with van der Waals surface area (Å²) in [4.78, 5) is 1.26. The highest BCUT2D eigenvalue weighted by Crippen LogP contribution is 2.47.